The number of carbonyl (C=O) groups excluding carboxylic acids is 2. The number of piperazine rings is 1. The van der Waals surface area contributed by atoms with Crippen molar-refractivity contribution >= 4 is 24.2 Å². The quantitative estimate of drug-likeness (QED) is 0.469. The first-order chi connectivity index (χ1) is 10.0. The van der Waals surface area contributed by atoms with E-state index in [-0.39, 0.29) is 36.7 Å². The van der Waals surface area contributed by atoms with Crippen molar-refractivity contribution < 1.29 is 9.59 Å². The second-order valence-electron chi connectivity index (χ2n) is 5.62. The van der Waals surface area contributed by atoms with E-state index in [9.17, 15) is 9.59 Å². The smallest absolute Gasteiger partial charge is 0.240 e. The molecule has 0 aromatic carbocycles. The third kappa shape index (κ3) is 7.77. The average Bonchev–Trinajstić information content (AvgIpc) is 2.42. The van der Waals surface area contributed by atoms with E-state index in [2.05, 4.69) is 17.2 Å². The highest BCUT2D eigenvalue weighted by molar-refractivity contribution is 5.88. The van der Waals surface area contributed by atoms with Crippen molar-refractivity contribution in [1.29, 1.82) is 0 Å². The predicted octanol–water partition coefficient (Wildman–Crippen LogP) is 0.243. The van der Waals surface area contributed by atoms with Gasteiger partial charge in [-0.25, -0.2) is 0 Å². The summed E-state index contributed by atoms with van der Waals surface area (Å²) in [5.41, 5.74) is 0. The summed E-state index contributed by atoms with van der Waals surface area (Å²) in [7, 11) is 3.92. The minimum atomic E-state index is -0.387. The van der Waals surface area contributed by atoms with E-state index >= 15 is 0 Å². The summed E-state index contributed by atoms with van der Waals surface area (Å²) in [6.07, 6.45) is 3.91. The fourth-order valence-corrected chi connectivity index (χ4v) is 2.28. The molecule has 128 valence electrons. The van der Waals surface area contributed by atoms with E-state index in [1.165, 1.54) is 0 Å². The number of allylic oxidation sites excluding steroid dienone is 1. The first kappa shape index (κ1) is 20.9. The van der Waals surface area contributed by atoms with Crippen LogP contribution in [0.5, 0.6) is 0 Å². The van der Waals surface area contributed by atoms with Crippen molar-refractivity contribution in [2.24, 2.45) is 0 Å². The first-order valence-electron chi connectivity index (χ1n) is 7.59. The molecule has 0 bridgehead atoms. The van der Waals surface area contributed by atoms with Crippen molar-refractivity contribution in [2.75, 3.05) is 46.8 Å². The number of nitrogens with zero attached hydrogens (tertiary/aromatic N) is 2. The average molecular weight is 333 g/mol. The Bertz CT molecular complexity index is 363. The third-order valence-electron chi connectivity index (χ3n) is 3.49. The Kier molecular flexibility index (Phi) is 10.9. The first-order valence-corrected chi connectivity index (χ1v) is 7.59. The summed E-state index contributed by atoms with van der Waals surface area (Å²) in [6, 6.07) is -0.387. The molecule has 1 unspecified atom stereocenters. The van der Waals surface area contributed by atoms with Crippen LogP contribution in [0, 0.1) is 0 Å². The van der Waals surface area contributed by atoms with E-state index in [1.807, 2.05) is 30.0 Å². The van der Waals surface area contributed by atoms with E-state index in [0.717, 1.165) is 32.5 Å². The van der Waals surface area contributed by atoms with Crippen LogP contribution < -0.4 is 10.6 Å². The van der Waals surface area contributed by atoms with Crippen LogP contribution in [0.3, 0.4) is 0 Å². The summed E-state index contributed by atoms with van der Waals surface area (Å²) in [5.74, 6) is -0.0382. The molecule has 1 rings (SSSR count). The van der Waals surface area contributed by atoms with E-state index in [4.69, 9.17) is 0 Å². The molecular weight excluding hydrogens is 304 g/mol. The van der Waals surface area contributed by atoms with Crippen LogP contribution in [0.1, 0.15) is 19.3 Å². The molecule has 1 heterocycles. The fraction of sp³-hybridized carbons (Fsp3) is 0.733. The lowest BCUT2D eigenvalue weighted by atomic mass is 10.1. The van der Waals surface area contributed by atoms with Gasteiger partial charge < -0.3 is 20.4 Å². The number of hydrogen-bond acceptors (Lipinski definition) is 4. The van der Waals surface area contributed by atoms with E-state index in [0.29, 0.717) is 13.1 Å². The van der Waals surface area contributed by atoms with Crippen molar-refractivity contribution in [3.05, 3.63) is 12.7 Å². The Morgan fingerprint density at radius 2 is 2.27 bits per heavy atom. The predicted molar refractivity (Wildman–Crippen MR) is 91.2 cm³/mol. The van der Waals surface area contributed by atoms with Gasteiger partial charge in [-0.2, -0.15) is 0 Å². The lowest BCUT2D eigenvalue weighted by molar-refractivity contribution is -0.138. The van der Waals surface area contributed by atoms with Crippen molar-refractivity contribution in [3.63, 3.8) is 0 Å². The maximum Gasteiger partial charge on any atom is 0.240 e. The Morgan fingerprint density at radius 3 is 2.91 bits per heavy atom. The number of halogens is 1. The zero-order chi connectivity index (χ0) is 15.7. The minimum Gasteiger partial charge on any atom is -0.355 e. The normalized spacial score (nSPS) is 18.0. The van der Waals surface area contributed by atoms with Crippen LogP contribution in [0.2, 0.25) is 0 Å². The van der Waals surface area contributed by atoms with Crippen LogP contribution in [0.15, 0.2) is 12.7 Å². The molecule has 1 aliphatic rings. The molecule has 2 N–H and O–H groups in total. The van der Waals surface area contributed by atoms with Gasteiger partial charge >= 0.3 is 0 Å². The third-order valence-corrected chi connectivity index (χ3v) is 3.49. The molecule has 0 spiro atoms. The fourth-order valence-electron chi connectivity index (χ4n) is 2.28. The van der Waals surface area contributed by atoms with Crippen LogP contribution in [0.4, 0.5) is 0 Å². The van der Waals surface area contributed by atoms with Crippen molar-refractivity contribution in [3.8, 4) is 0 Å². The van der Waals surface area contributed by atoms with Crippen molar-refractivity contribution in [1.82, 2.24) is 20.4 Å². The summed E-state index contributed by atoms with van der Waals surface area (Å²) >= 11 is 0. The van der Waals surface area contributed by atoms with Gasteiger partial charge in [-0.1, -0.05) is 6.08 Å². The molecule has 1 aliphatic heterocycles. The Hall–Kier alpha value is -1.11. The standard InChI is InChI=1S/C15H28N4O2.ClH/c1-4-5-6-9-19-11-8-16-13(15(19)21)12-14(20)17-7-10-18(2)3;/h4,13,16H,1,5-12H2,2-3H3,(H,17,20);1H. The molecule has 1 fully saturated rings. The van der Waals surface area contributed by atoms with Gasteiger partial charge in [0, 0.05) is 32.7 Å². The van der Waals surface area contributed by atoms with Gasteiger partial charge in [-0.3, -0.25) is 9.59 Å². The molecule has 22 heavy (non-hydrogen) atoms. The summed E-state index contributed by atoms with van der Waals surface area (Å²) < 4.78 is 0. The number of hydrogen-bond donors (Lipinski definition) is 2. The molecule has 0 aromatic rings. The van der Waals surface area contributed by atoms with Gasteiger partial charge in [-0.15, -0.1) is 19.0 Å². The number of carbonyl (C=O) groups is 2. The molecule has 0 aromatic heterocycles. The van der Waals surface area contributed by atoms with E-state index in [1.54, 1.807) is 0 Å². The molecule has 1 saturated heterocycles. The highest BCUT2D eigenvalue weighted by Crippen LogP contribution is 2.07. The monoisotopic (exact) mass is 332 g/mol. The second kappa shape index (κ2) is 11.5. The van der Waals surface area contributed by atoms with Gasteiger partial charge in [0.15, 0.2) is 0 Å². The molecule has 2 amide bonds. The molecule has 0 aliphatic carbocycles. The SMILES string of the molecule is C=CCCCN1CCNC(CC(=O)NCCN(C)C)C1=O.Cl. The summed E-state index contributed by atoms with van der Waals surface area (Å²) in [4.78, 5) is 28.0. The highest BCUT2D eigenvalue weighted by Gasteiger charge is 2.29. The molecule has 7 heteroatoms. The Morgan fingerprint density at radius 1 is 1.55 bits per heavy atom. The van der Waals surface area contributed by atoms with Crippen LogP contribution >= 0.6 is 12.4 Å². The zero-order valence-corrected chi connectivity index (χ0v) is 14.5. The van der Waals surface area contributed by atoms with Gasteiger partial charge in [0.05, 0.1) is 12.5 Å². The molecule has 0 saturated carbocycles. The van der Waals surface area contributed by atoms with Crippen LogP contribution in [0.25, 0.3) is 0 Å². The van der Waals surface area contributed by atoms with Gasteiger partial charge in [0.1, 0.15) is 0 Å². The Labute approximate surface area is 139 Å². The van der Waals surface area contributed by atoms with Crippen LogP contribution in [-0.4, -0.2) is 74.5 Å². The summed E-state index contributed by atoms with van der Waals surface area (Å²) in [6.45, 7) is 7.29. The number of amides is 2. The van der Waals surface area contributed by atoms with E-state index < -0.39 is 0 Å². The second-order valence-corrected chi connectivity index (χ2v) is 5.62. The molecule has 1 atom stereocenters. The van der Waals surface area contributed by atoms with Crippen molar-refractivity contribution in [2.45, 2.75) is 25.3 Å². The number of likely N-dealkylation sites (N-methyl/N-ethyl adjacent to an activating group) is 1. The van der Waals surface area contributed by atoms with Crippen LogP contribution in [-0.2, 0) is 9.59 Å². The lowest BCUT2D eigenvalue weighted by Crippen LogP contribution is -2.56. The molecular formula is C15H29ClN4O2. The Balaban J connectivity index is 0.00000441. The van der Waals surface area contributed by atoms with Gasteiger partial charge in [0.25, 0.3) is 0 Å². The summed E-state index contributed by atoms with van der Waals surface area (Å²) in [5, 5.41) is 5.98. The molecule has 6 nitrogen and oxygen atoms in total. The highest BCUT2D eigenvalue weighted by atomic mass is 35.5. The largest absolute Gasteiger partial charge is 0.355 e. The minimum absolute atomic E-state index is 0. The van der Waals surface area contributed by atoms with Gasteiger partial charge in [-0.05, 0) is 26.9 Å². The topological polar surface area (TPSA) is 64.7 Å². The maximum atomic E-state index is 12.3. The zero-order valence-electron chi connectivity index (χ0n) is 13.6. The van der Waals surface area contributed by atoms with Gasteiger partial charge in [0.2, 0.25) is 11.8 Å². The molecule has 0 radical (unpaired) electrons. The number of unbranched alkanes of at least 4 members (excludes halogenated alkanes) is 1. The number of nitrogens with one attached hydrogen (secondary N) is 2. The number of rotatable bonds is 9. The lowest BCUT2D eigenvalue weighted by Gasteiger charge is -2.33. The maximum absolute atomic E-state index is 12.3.